The molecule has 0 bridgehead atoms. The lowest BCUT2D eigenvalue weighted by Gasteiger charge is -2.19. The zero-order valence-corrected chi connectivity index (χ0v) is 12.6. The summed E-state index contributed by atoms with van der Waals surface area (Å²) in [6.45, 7) is -3.37. The van der Waals surface area contributed by atoms with E-state index in [2.05, 4.69) is 0 Å². The van der Waals surface area contributed by atoms with Crippen molar-refractivity contribution in [3.05, 3.63) is 0 Å². The molecule has 0 aromatic heterocycles. The highest BCUT2D eigenvalue weighted by Gasteiger charge is 2.29. The molecule has 0 radical (unpaired) electrons. The molecule has 0 aliphatic rings. The lowest BCUT2D eigenvalue weighted by atomic mass is 10.1. The van der Waals surface area contributed by atoms with E-state index in [0.717, 1.165) is 0 Å². The quantitative estimate of drug-likeness (QED) is 0.175. The minimum Gasteiger partial charge on any atom is -0.394 e. The maximum Gasteiger partial charge on any atom is 0.189 e. The van der Waals surface area contributed by atoms with Crippen molar-refractivity contribution in [3.8, 4) is 0 Å². The summed E-state index contributed by atoms with van der Waals surface area (Å²) in [6, 6.07) is 0. The molecule has 0 unspecified atom stereocenters. The highest BCUT2D eigenvalue weighted by molar-refractivity contribution is 5.84. The van der Waals surface area contributed by atoms with Gasteiger partial charge in [-0.2, -0.15) is 0 Å². The number of hydrogen-bond donors (Lipinski definition) is 10. The summed E-state index contributed by atoms with van der Waals surface area (Å²) in [5.74, 6) is -2.01. The molecule has 12 nitrogen and oxygen atoms in total. The molecule has 10 N–H and O–H groups in total. The molecular formula is C12H24O12. The highest BCUT2D eigenvalue weighted by atomic mass is 16.4. The summed E-state index contributed by atoms with van der Waals surface area (Å²) in [5.41, 5.74) is 0. The fraction of sp³-hybridized carbons (Fsp3) is 0.833. The van der Waals surface area contributed by atoms with Gasteiger partial charge in [0.1, 0.15) is 49.8 Å². The smallest absolute Gasteiger partial charge is 0.189 e. The second kappa shape index (κ2) is 13.3. The fourth-order valence-electron chi connectivity index (χ4n) is 1.20. The molecule has 0 amide bonds. The summed E-state index contributed by atoms with van der Waals surface area (Å²) < 4.78 is 0. The van der Waals surface area contributed by atoms with Crippen LogP contribution in [-0.4, -0.2) is 126 Å². The molecule has 144 valence electrons. The number of hydrogen-bond acceptors (Lipinski definition) is 12. The van der Waals surface area contributed by atoms with Gasteiger partial charge in [0.25, 0.3) is 0 Å². The molecule has 0 spiro atoms. The van der Waals surface area contributed by atoms with E-state index in [0.29, 0.717) is 0 Å². The fourth-order valence-corrected chi connectivity index (χ4v) is 1.20. The SMILES string of the molecule is O=C(CO)[C@@H](O)[C@@H](O)[C@H](O)CO.O=C(CO)[C@H](O)[C@H](O)[C@@H](O)CO. The first-order chi connectivity index (χ1) is 11.1. The van der Waals surface area contributed by atoms with E-state index in [1.165, 1.54) is 0 Å². The first kappa shape index (κ1) is 25.2. The number of aliphatic hydroxyl groups excluding tert-OH is 10. The molecule has 0 aromatic rings. The predicted molar refractivity (Wildman–Crippen MR) is 74.4 cm³/mol. The van der Waals surface area contributed by atoms with Crippen LogP contribution < -0.4 is 0 Å². The average molecular weight is 360 g/mol. The van der Waals surface area contributed by atoms with Crippen molar-refractivity contribution in [2.24, 2.45) is 0 Å². The van der Waals surface area contributed by atoms with Crippen LogP contribution >= 0.6 is 0 Å². The third-order valence-electron chi connectivity index (χ3n) is 2.78. The lowest BCUT2D eigenvalue weighted by molar-refractivity contribution is -0.143. The Morgan fingerprint density at radius 3 is 1.00 bits per heavy atom. The van der Waals surface area contributed by atoms with Crippen molar-refractivity contribution >= 4 is 11.6 Å². The zero-order valence-electron chi connectivity index (χ0n) is 12.6. The van der Waals surface area contributed by atoms with Gasteiger partial charge in [0.15, 0.2) is 11.6 Å². The van der Waals surface area contributed by atoms with E-state index < -0.39 is 74.6 Å². The largest absolute Gasteiger partial charge is 0.394 e. The van der Waals surface area contributed by atoms with Crippen molar-refractivity contribution in [1.29, 1.82) is 0 Å². The molecule has 0 fully saturated rings. The van der Waals surface area contributed by atoms with Crippen LogP contribution in [0.5, 0.6) is 0 Å². The van der Waals surface area contributed by atoms with Gasteiger partial charge in [-0.3, -0.25) is 9.59 Å². The van der Waals surface area contributed by atoms with Crippen LogP contribution in [0.3, 0.4) is 0 Å². The van der Waals surface area contributed by atoms with Gasteiger partial charge in [-0.25, -0.2) is 0 Å². The second-order valence-corrected chi connectivity index (χ2v) is 4.62. The maximum absolute atomic E-state index is 10.5. The number of carbonyl (C=O) groups is 2. The third kappa shape index (κ3) is 8.70. The highest BCUT2D eigenvalue weighted by Crippen LogP contribution is 2.01. The molecule has 12 heteroatoms. The number of rotatable bonds is 10. The monoisotopic (exact) mass is 360 g/mol. The average Bonchev–Trinajstić information content (AvgIpc) is 2.62. The van der Waals surface area contributed by atoms with Gasteiger partial charge in [-0.15, -0.1) is 0 Å². The molecule has 6 atom stereocenters. The van der Waals surface area contributed by atoms with Gasteiger partial charge < -0.3 is 51.1 Å². The molecule has 24 heavy (non-hydrogen) atoms. The van der Waals surface area contributed by atoms with E-state index in [1.807, 2.05) is 0 Å². The van der Waals surface area contributed by atoms with Crippen LogP contribution in [0.1, 0.15) is 0 Å². The van der Waals surface area contributed by atoms with E-state index in [-0.39, 0.29) is 0 Å². The number of aliphatic hydroxyl groups is 10. The number of Topliss-reactive ketones (excluding diaryl/α,β-unsaturated/α-hetero) is 2. The Balaban J connectivity index is 0. The van der Waals surface area contributed by atoms with Gasteiger partial charge in [0, 0.05) is 0 Å². The molecular weight excluding hydrogens is 336 g/mol. The third-order valence-corrected chi connectivity index (χ3v) is 2.78. The Morgan fingerprint density at radius 1 is 0.583 bits per heavy atom. The Kier molecular flexibility index (Phi) is 13.9. The van der Waals surface area contributed by atoms with Crippen molar-refractivity contribution in [2.75, 3.05) is 26.4 Å². The second-order valence-electron chi connectivity index (χ2n) is 4.62. The normalized spacial score (nSPS) is 18.4. The van der Waals surface area contributed by atoms with Gasteiger partial charge in [-0.1, -0.05) is 0 Å². The molecule has 0 aromatic carbocycles. The molecule has 0 rings (SSSR count). The van der Waals surface area contributed by atoms with Crippen molar-refractivity contribution in [2.45, 2.75) is 36.6 Å². The van der Waals surface area contributed by atoms with Crippen LogP contribution in [0.2, 0.25) is 0 Å². The summed E-state index contributed by atoms with van der Waals surface area (Å²) in [6.07, 6.45) is -10.4. The van der Waals surface area contributed by atoms with E-state index in [9.17, 15) is 9.59 Å². The van der Waals surface area contributed by atoms with Crippen molar-refractivity contribution in [3.63, 3.8) is 0 Å². The van der Waals surface area contributed by atoms with Gasteiger partial charge in [-0.05, 0) is 0 Å². The maximum atomic E-state index is 10.5. The summed E-state index contributed by atoms with van der Waals surface area (Å²) >= 11 is 0. The standard InChI is InChI=1S/2C6H12O6/c2*7-1-3(9)5(11)6(12)4(10)2-8/h2*3,5-9,11-12H,1-2H2/t2*3-,5+,6-/m10/s1. The Hall–Kier alpha value is -1.06. The van der Waals surface area contributed by atoms with Crippen molar-refractivity contribution < 1.29 is 60.7 Å². The van der Waals surface area contributed by atoms with Gasteiger partial charge in [0.2, 0.25) is 0 Å². The Morgan fingerprint density at radius 2 is 0.833 bits per heavy atom. The summed E-state index contributed by atoms with van der Waals surface area (Å²) in [5, 5.41) is 86.1. The molecule has 0 saturated heterocycles. The zero-order chi connectivity index (χ0) is 19.4. The van der Waals surface area contributed by atoms with E-state index in [4.69, 9.17) is 51.1 Å². The van der Waals surface area contributed by atoms with Crippen LogP contribution in [0.25, 0.3) is 0 Å². The topological polar surface area (TPSA) is 236 Å². The van der Waals surface area contributed by atoms with Crippen LogP contribution in [0, 0.1) is 0 Å². The van der Waals surface area contributed by atoms with Gasteiger partial charge in [0.05, 0.1) is 13.2 Å². The Labute approximate surface area is 136 Å². The molecule has 0 aliphatic carbocycles. The summed E-state index contributed by atoms with van der Waals surface area (Å²) in [4.78, 5) is 21.0. The lowest BCUT2D eigenvalue weighted by Crippen LogP contribution is -2.44. The first-order valence-electron chi connectivity index (χ1n) is 6.66. The van der Waals surface area contributed by atoms with Crippen LogP contribution in [-0.2, 0) is 9.59 Å². The molecule has 0 saturated carbocycles. The van der Waals surface area contributed by atoms with E-state index >= 15 is 0 Å². The first-order valence-corrected chi connectivity index (χ1v) is 6.66. The summed E-state index contributed by atoms with van der Waals surface area (Å²) in [7, 11) is 0. The predicted octanol–water partition coefficient (Wildman–Crippen LogP) is -6.75. The number of carbonyl (C=O) groups excluding carboxylic acids is 2. The number of ketones is 2. The minimum absolute atomic E-state index is 0.767. The molecule has 0 aliphatic heterocycles. The van der Waals surface area contributed by atoms with Crippen LogP contribution in [0.15, 0.2) is 0 Å². The Bertz CT molecular complexity index is 328. The van der Waals surface area contributed by atoms with Gasteiger partial charge >= 0.3 is 0 Å². The van der Waals surface area contributed by atoms with E-state index in [1.54, 1.807) is 0 Å². The van der Waals surface area contributed by atoms with Crippen molar-refractivity contribution in [1.82, 2.24) is 0 Å². The minimum atomic E-state index is -1.86. The van der Waals surface area contributed by atoms with Crippen LogP contribution in [0.4, 0.5) is 0 Å². The molecule has 0 heterocycles.